The van der Waals surface area contributed by atoms with Gasteiger partial charge in [0.15, 0.2) is 5.78 Å². The molecule has 0 fully saturated rings. The van der Waals surface area contributed by atoms with Crippen molar-refractivity contribution in [1.29, 1.82) is 0 Å². The summed E-state index contributed by atoms with van der Waals surface area (Å²) in [7, 11) is 0. The fourth-order valence-corrected chi connectivity index (χ4v) is 3.03. The van der Waals surface area contributed by atoms with Crippen LogP contribution >= 0.6 is 0 Å². The third-order valence-electron chi connectivity index (χ3n) is 4.23. The number of hydrogen-bond donors (Lipinski definition) is 1. The van der Waals surface area contributed by atoms with Crippen LogP contribution in [0, 0.1) is 6.92 Å². The van der Waals surface area contributed by atoms with Gasteiger partial charge in [0.1, 0.15) is 0 Å². The second kappa shape index (κ2) is 5.36. The first-order valence-corrected chi connectivity index (χ1v) is 7.74. The maximum atomic E-state index is 11.6. The van der Waals surface area contributed by atoms with E-state index in [0.717, 1.165) is 27.7 Å². The summed E-state index contributed by atoms with van der Waals surface area (Å²) in [5.74, 6) is 0.0627. The van der Waals surface area contributed by atoms with Crippen LogP contribution in [0.3, 0.4) is 0 Å². The van der Waals surface area contributed by atoms with Crippen molar-refractivity contribution in [2.24, 2.45) is 0 Å². The Kier molecular flexibility index (Phi) is 3.61. The molecule has 0 radical (unpaired) electrons. The van der Waals surface area contributed by atoms with Gasteiger partial charge in [0.05, 0.1) is 16.8 Å². The number of para-hydroxylation sites is 1. The minimum atomic E-state index is -0.933. The molecule has 0 saturated carbocycles. The molecule has 1 N–H and O–H groups in total. The summed E-state index contributed by atoms with van der Waals surface area (Å²) in [6.45, 7) is 7.21. The van der Waals surface area contributed by atoms with Crippen molar-refractivity contribution in [3.05, 3.63) is 65.4 Å². The Bertz CT molecular complexity index is 898. The van der Waals surface area contributed by atoms with Crippen LogP contribution in [0.1, 0.15) is 42.3 Å². The Hall–Kier alpha value is -2.39. The fourth-order valence-electron chi connectivity index (χ4n) is 3.03. The van der Waals surface area contributed by atoms with Gasteiger partial charge in [-0.1, -0.05) is 18.2 Å². The summed E-state index contributed by atoms with van der Waals surface area (Å²) in [4.78, 5) is 11.6. The van der Waals surface area contributed by atoms with E-state index in [0.29, 0.717) is 5.56 Å². The lowest BCUT2D eigenvalue weighted by molar-refractivity contribution is 0.0785. The fraction of sp³-hybridized carbons (Fsp3) is 0.250. The highest BCUT2D eigenvalue weighted by Crippen LogP contribution is 2.32. The van der Waals surface area contributed by atoms with Gasteiger partial charge in [-0.05, 0) is 57.5 Å². The first kappa shape index (κ1) is 15.5. The minimum absolute atomic E-state index is 0.0627. The number of benzene rings is 2. The molecule has 23 heavy (non-hydrogen) atoms. The number of aliphatic hydroxyl groups is 1. The lowest BCUT2D eigenvalue weighted by Crippen LogP contribution is -2.19. The van der Waals surface area contributed by atoms with Crippen LogP contribution < -0.4 is 0 Å². The molecule has 2 aromatic carbocycles. The molecule has 118 valence electrons. The van der Waals surface area contributed by atoms with Gasteiger partial charge >= 0.3 is 0 Å². The van der Waals surface area contributed by atoms with E-state index in [-0.39, 0.29) is 5.78 Å². The number of hydrogen-bond acceptors (Lipinski definition) is 2. The second-order valence-electron chi connectivity index (χ2n) is 6.55. The molecule has 1 heterocycles. The average Bonchev–Trinajstić information content (AvgIpc) is 2.88. The van der Waals surface area contributed by atoms with Gasteiger partial charge in [-0.15, -0.1) is 0 Å². The minimum Gasteiger partial charge on any atom is -0.386 e. The largest absolute Gasteiger partial charge is 0.386 e. The smallest absolute Gasteiger partial charge is 0.159 e. The van der Waals surface area contributed by atoms with Crippen LogP contribution in [-0.4, -0.2) is 15.5 Å². The van der Waals surface area contributed by atoms with E-state index in [9.17, 15) is 9.90 Å². The molecular weight excluding hydrogens is 286 g/mol. The van der Waals surface area contributed by atoms with Crippen LogP contribution in [0.5, 0.6) is 0 Å². The number of aromatic nitrogens is 1. The molecule has 3 heteroatoms. The van der Waals surface area contributed by atoms with Crippen molar-refractivity contribution >= 4 is 16.7 Å². The highest BCUT2D eigenvalue weighted by molar-refractivity contribution is 5.98. The van der Waals surface area contributed by atoms with Crippen LogP contribution in [0.25, 0.3) is 16.6 Å². The molecule has 0 aliphatic carbocycles. The molecule has 0 amide bonds. The van der Waals surface area contributed by atoms with Crippen molar-refractivity contribution in [1.82, 2.24) is 4.57 Å². The van der Waals surface area contributed by atoms with Crippen molar-refractivity contribution in [3.63, 3.8) is 0 Å². The molecule has 1 aromatic heterocycles. The Morgan fingerprint density at radius 1 is 1.13 bits per heavy atom. The molecule has 0 aliphatic heterocycles. The summed E-state index contributed by atoms with van der Waals surface area (Å²) >= 11 is 0. The van der Waals surface area contributed by atoms with Crippen LogP contribution in [-0.2, 0) is 5.60 Å². The maximum absolute atomic E-state index is 11.6. The standard InChI is InChI=1S/C20H21NO2/c1-13-6-5-7-17(20(3,4)23)19(13)21-11-10-16-12-15(14(2)22)8-9-18(16)21/h5-12,23H,1-4H3. The maximum Gasteiger partial charge on any atom is 0.159 e. The number of nitrogens with zero attached hydrogens (tertiary/aromatic N) is 1. The summed E-state index contributed by atoms with van der Waals surface area (Å²) in [6.07, 6.45) is 1.99. The number of Topliss-reactive ketones (excluding diaryl/α,β-unsaturated/α-hetero) is 1. The molecule has 0 spiro atoms. The predicted molar refractivity (Wildman–Crippen MR) is 93.3 cm³/mol. The van der Waals surface area contributed by atoms with E-state index in [1.54, 1.807) is 20.8 Å². The first-order valence-electron chi connectivity index (χ1n) is 7.74. The first-order chi connectivity index (χ1) is 10.8. The highest BCUT2D eigenvalue weighted by atomic mass is 16.3. The molecule has 0 bridgehead atoms. The number of carbonyl (C=O) groups excluding carboxylic acids is 1. The third-order valence-corrected chi connectivity index (χ3v) is 4.23. The molecule has 3 aromatic rings. The van der Waals surface area contributed by atoms with Gasteiger partial charge in [0, 0.05) is 22.7 Å². The van der Waals surface area contributed by atoms with Crippen molar-refractivity contribution in [2.75, 3.05) is 0 Å². The topological polar surface area (TPSA) is 42.2 Å². The Balaban J connectivity index is 2.28. The Labute approximate surface area is 136 Å². The predicted octanol–water partition coefficient (Wildman–Crippen LogP) is 4.37. The van der Waals surface area contributed by atoms with E-state index in [4.69, 9.17) is 0 Å². The summed E-state index contributed by atoms with van der Waals surface area (Å²) in [5, 5.41) is 11.5. The van der Waals surface area contributed by atoms with Crippen LogP contribution in [0.4, 0.5) is 0 Å². The van der Waals surface area contributed by atoms with Gasteiger partial charge in [-0.3, -0.25) is 4.79 Å². The normalized spacial score (nSPS) is 11.9. The van der Waals surface area contributed by atoms with E-state index >= 15 is 0 Å². The number of aryl methyl sites for hydroxylation is 1. The van der Waals surface area contributed by atoms with Crippen LogP contribution in [0.2, 0.25) is 0 Å². The van der Waals surface area contributed by atoms with E-state index in [1.165, 1.54) is 0 Å². The van der Waals surface area contributed by atoms with Crippen molar-refractivity contribution in [3.8, 4) is 5.69 Å². The number of carbonyl (C=O) groups is 1. The quantitative estimate of drug-likeness (QED) is 0.730. The Morgan fingerprint density at radius 3 is 2.52 bits per heavy atom. The van der Waals surface area contributed by atoms with Crippen molar-refractivity contribution in [2.45, 2.75) is 33.3 Å². The van der Waals surface area contributed by atoms with Gasteiger partial charge in [0.2, 0.25) is 0 Å². The Morgan fingerprint density at radius 2 is 1.87 bits per heavy atom. The van der Waals surface area contributed by atoms with Gasteiger partial charge in [0.25, 0.3) is 0 Å². The highest BCUT2D eigenvalue weighted by Gasteiger charge is 2.22. The monoisotopic (exact) mass is 307 g/mol. The average molecular weight is 307 g/mol. The second-order valence-corrected chi connectivity index (χ2v) is 6.55. The molecule has 0 saturated heterocycles. The van der Waals surface area contributed by atoms with Gasteiger partial charge in [-0.2, -0.15) is 0 Å². The van der Waals surface area contributed by atoms with E-state index < -0.39 is 5.60 Å². The summed E-state index contributed by atoms with van der Waals surface area (Å²) in [5.41, 5.74) is 3.77. The van der Waals surface area contributed by atoms with Crippen molar-refractivity contribution < 1.29 is 9.90 Å². The number of fused-ring (bicyclic) bond motifs is 1. The molecule has 0 aliphatic rings. The SMILES string of the molecule is CC(=O)c1ccc2c(ccn2-c2c(C)cccc2C(C)(C)O)c1. The number of rotatable bonds is 3. The molecule has 3 rings (SSSR count). The van der Waals surface area contributed by atoms with Gasteiger partial charge < -0.3 is 9.67 Å². The van der Waals surface area contributed by atoms with E-state index in [1.807, 2.05) is 55.6 Å². The molecule has 0 unspecified atom stereocenters. The molecule has 3 nitrogen and oxygen atoms in total. The lowest BCUT2D eigenvalue weighted by atomic mass is 9.94. The number of ketones is 1. The third kappa shape index (κ3) is 2.68. The lowest BCUT2D eigenvalue weighted by Gasteiger charge is -2.24. The van der Waals surface area contributed by atoms with Gasteiger partial charge in [-0.25, -0.2) is 0 Å². The zero-order valence-corrected chi connectivity index (χ0v) is 13.9. The molecular formula is C20H21NO2. The molecule has 0 atom stereocenters. The van der Waals surface area contributed by atoms with E-state index in [2.05, 4.69) is 4.57 Å². The van der Waals surface area contributed by atoms with Crippen LogP contribution in [0.15, 0.2) is 48.7 Å². The zero-order valence-electron chi connectivity index (χ0n) is 13.9. The summed E-state index contributed by atoms with van der Waals surface area (Å²) in [6, 6.07) is 13.7. The zero-order chi connectivity index (χ0) is 16.8. The summed E-state index contributed by atoms with van der Waals surface area (Å²) < 4.78 is 2.09.